The molecule has 21 heavy (non-hydrogen) atoms. The smallest absolute Gasteiger partial charge is 0.303 e. The second-order valence-electron chi connectivity index (χ2n) is 5.67. The first-order valence-electron chi connectivity index (χ1n) is 7.04. The number of nitrogens with one attached hydrogen (secondary N) is 1. The molecule has 2 unspecified atom stereocenters. The predicted octanol–water partition coefficient (Wildman–Crippen LogP) is 1.23. The second-order valence-corrected chi connectivity index (χ2v) is 7.58. The summed E-state index contributed by atoms with van der Waals surface area (Å²) in [6.07, 6.45) is 3.01. The number of hydrogen-bond donors (Lipinski definition) is 2. The SMILES string of the molecule is Cc1ncc(S(=O)(=O)N2CCCC(C(C)CC(=O)O)C2)[nH]1. The summed E-state index contributed by atoms with van der Waals surface area (Å²) < 4.78 is 26.5. The van der Waals surface area contributed by atoms with Crippen molar-refractivity contribution in [3.63, 3.8) is 0 Å². The highest BCUT2D eigenvalue weighted by molar-refractivity contribution is 7.89. The van der Waals surface area contributed by atoms with Gasteiger partial charge in [-0.05, 0) is 31.6 Å². The lowest BCUT2D eigenvalue weighted by Gasteiger charge is -2.34. The molecule has 2 rings (SSSR count). The zero-order valence-electron chi connectivity index (χ0n) is 12.2. The number of aromatic amines is 1. The third-order valence-electron chi connectivity index (χ3n) is 4.02. The number of rotatable bonds is 5. The van der Waals surface area contributed by atoms with Gasteiger partial charge in [0.1, 0.15) is 5.82 Å². The average Bonchev–Trinajstić information content (AvgIpc) is 2.85. The standard InChI is InChI=1S/C13H21N3O4S/c1-9(6-13(17)18)11-4-3-5-16(8-11)21(19,20)12-7-14-10(2)15-12/h7,9,11H,3-6,8H2,1-2H3,(H,14,15)(H,17,18). The fourth-order valence-corrected chi connectivity index (χ4v) is 4.27. The molecule has 118 valence electrons. The minimum atomic E-state index is -3.57. The van der Waals surface area contributed by atoms with Crippen molar-refractivity contribution < 1.29 is 18.3 Å². The molecular weight excluding hydrogens is 294 g/mol. The van der Waals surface area contributed by atoms with Crippen LogP contribution in [0, 0.1) is 18.8 Å². The summed E-state index contributed by atoms with van der Waals surface area (Å²) in [5.41, 5.74) is 0. The van der Waals surface area contributed by atoms with Crippen LogP contribution in [-0.4, -0.2) is 46.9 Å². The topological polar surface area (TPSA) is 103 Å². The number of aromatic nitrogens is 2. The van der Waals surface area contributed by atoms with E-state index in [1.807, 2.05) is 6.92 Å². The number of carboxylic acid groups (broad SMARTS) is 1. The van der Waals surface area contributed by atoms with Crippen LogP contribution in [0.2, 0.25) is 0 Å². The number of carboxylic acids is 1. The maximum atomic E-state index is 12.5. The van der Waals surface area contributed by atoms with Gasteiger partial charge in [-0.3, -0.25) is 4.79 Å². The van der Waals surface area contributed by atoms with Gasteiger partial charge in [0.2, 0.25) is 0 Å². The molecule has 1 saturated heterocycles. The molecule has 0 amide bonds. The minimum absolute atomic E-state index is 0.0380. The Morgan fingerprint density at radius 2 is 2.33 bits per heavy atom. The first kappa shape index (κ1) is 16.0. The Balaban J connectivity index is 2.12. The number of aryl methyl sites for hydroxylation is 1. The molecule has 1 aliphatic heterocycles. The van der Waals surface area contributed by atoms with Gasteiger partial charge in [0.15, 0.2) is 5.03 Å². The van der Waals surface area contributed by atoms with Crippen molar-refractivity contribution >= 4 is 16.0 Å². The summed E-state index contributed by atoms with van der Waals surface area (Å²) in [4.78, 5) is 17.5. The van der Waals surface area contributed by atoms with Gasteiger partial charge in [0, 0.05) is 19.5 Å². The van der Waals surface area contributed by atoms with E-state index in [1.165, 1.54) is 10.5 Å². The Bertz CT molecular complexity index is 611. The summed E-state index contributed by atoms with van der Waals surface area (Å²) in [6, 6.07) is 0. The van der Waals surface area contributed by atoms with Crippen LogP contribution < -0.4 is 0 Å². The van der Waals surface area contributed by atoms with Gasteiger partial charge in [0.05, 0.1) is 6.20 Å². The van der Waals surface area contributed by atoms with Crippen LogP contribution in [0.15, 0.2) is 11.2 Å². The molecule has 0 aromatic carbocycles. The van der Waals surface area contributed by atoms with Gasteiger partial charge < -0.3 is 10.1 Å². The molecule has 0 aliphatic carbocycles. The average molecular weight is 315 g/mol. The highest BCUT2D eigenvalue weighted by Gasteiger charge is 2.33. The van der Waals surface area contributed by atoms with Crippen molar-refractivity contribution in [3.05, 3.63) is 12.0 Å². The summed E-state index contributed by atoms with van der Waals surface area (Å²) in [5.74, 6) is -0.245. The molecule has 1 fully saturated rings. The van der Waals surface area contributed by atoms with Gasteiger partial charge in [-0.25, -0.2) is 13.4 Å². The largest absolute Gasteiger partial charge is 0.481 e. The zero-order valence-corrected chi connectivity index (χ0v) is 13.1. The van der Waals surface area contributed by atoms with E-state index >= 15 is 0 Å². The molecule has 1 aromatic rings. The van der Waals surface area contributed by atoms with Gasteiger partial charge in [-0.2, -0.15) is 4.31 Å². The molecular formula is C13H21N3O4S. The lowest BCUT2D eigenvalue weighted by molar-refractivity contribution is -0.138. The van der Waals surface area contributed by atoms with Crippen molar-refractivity contribution in [1.82, 2.24) is 14.3 Å². The highest BCUT2D eigenvalue weighted by Crippen LogP contribution is 2.29. The third kappa shape index (κ3) is 3.62. The van der Waals surface area contributed by atoms with E-state index in [0.717, 1.165) is 12.8 Å². The van der Waals surface area contributed by atoms with Crippen LogP contribution in [-0.2, 0) is 14.8 Å². The normalized spacial score (nSPS) is 22.1. The molecule has 2 N–H and O–H groups in total. The van der Waals surface area contributed by atoms with E-state index in [-0.39, 0.29) is 23.3 Å². The molecule has 0 radical (unpaired) electrons. The molecule has 2 heterocycles. The molecule has 7 nitrogen and oxygen atoms in total. The van der Waals surface area contributed by atoms with Crippen LogP contribution in [0.3, 0.4) is 0 Å². The van der Waals surface area contributed by atoms with Gasteiger partial charge in [0.25, 0.3) is 10.0 Å². The fourth-order valence-electron chi connectivity index (χ4n) is 2.77. The molecule has 0 saturated carbocycles. The molecule has 1 aromatic heterocycles. The molecule has 1 aliphatic rings. The van der Waals surface area contributed by atoms with E-state index < -0.39 is 16.0 Å². The highest BCUT2D eigenvalue weighted by atomic mass is 32.2. The van der Waals surface area contributed by atoms with E-state index in [0.29, 0.717) is 18.9 Å². The molecule has 0 spiro atoms. The maximum Gasteiger partial charge on any atom is 0.303 e. The fraction of sp³-hybridized carbons (Fsp3) is 0.692. The summed E-state index contributed by atoms with van der Waals surface area (Å²) >= 11 is 0. The first-order chi connectivity index (χ1) is 9.80. The minimum Gasteiger partial charge on any atom is -0.481 e. The van der Waals surface area contributed by atoms with Gasteiger partial charge >= 0.3 is 5.97 Å². The number of piperidine rings is 1. The van der Waals surface area contributed by atoms with Gasteiger partial charge in [-0.1, -0.05) is 6.92 Å². The number of sulfonamides is 1. The number of carbonyl (C=O) groups is 1. The van der Waals surface area contributed by atoms with Crippen molar-refractivity contribution in [3.8, 4) is 0 Å². The zero-order chi connectivity index (χ0) is 15.6. The number of nitrogens with zero attached hydrogens (tertiary/aromatic N) is 2. The maximum absolute atomic E-state index is 12.5. The molecule has 2 atom stereocenters. The quantitative estimate of drug-likeness (QED) is 0.850. The van der Waals surface area contributed by atoms with E-state index in [9.17, 15) is 13.2 Å². The lowest BCUT2D eigenvalue weighted by Crippen LogP contribution is -2.42. The third-order valence-corrected chi connectivity index (χ3v) is 5.79. The number of imidazole rings is 1. The number of H-pyrrole nitrogens is 1. The summed E-state index contributed by atoms with van der Waals surface area (Å²) in [6.45, 7) is 4.41. The monoisotopic (exact) mass is 315 g/mol. The summed E-state index contributed by atoms with van der Waals surface area (Å²) in [7, 11) is -3.57. The Hall–Kier alpha value is -1.41. The Kier molecular flexibility index (Phi) is 4.67. The summed E-state index contributed by atoms with van der Waals surface area (Å²) in [5, 5.41) is 8.98. The van der Waals surface area contributed by atoms with Crippen molar-refractivity contribution in [2.45, 2.75) is 38.1 Å². The lowest BCUT2D eigenvalue weighted by atomic mass is 9.85. The molecule has 8 heteroatoms. The number of hydrogen-bond acceptors (Lipinski definition) is 4. The second kappa shape index (κ2) is 6.15. The van der Waals surface area contributed by atoms with Crippen LogP contribution in [0.25, 0.3) is 0 Å². The van der Waals surface area contributed by atoms with Crippen molar-refractivity contribution in [2.24, 2.45) is 11.8 Å². The Morgan fingerprint density at radius 3 is 2.90 bits per heavy atom. The van der Waals surface area contributed by atoms with E-state index in [4.69, 9.17) is 5.11 Å². The van der Waals surface area contributed by atoms with Gasteiger partial charge in [-0.15, -0.1) is 0 Å². The predicted molar refractivity (Wildman–Crippen MR) is 76.2 cm³/mol. The Morgan fingerprint density at radius 1 is 1.62 bits per heavy atom. The van der Waals surface area contributed by atoms with Crippen LogP contribution in [0.4, 0.5) is 0 Å². The first-order valence-corrected chi connectivity index (χ1v) is 8.48. The van der Waals surface area contributed by atoms with Crippen LogP contribution >= 0.6 is 0 Å². The van der Waals surface area contributed by atoms with Crippen LogP contribution in [0.5, 0.6) is 0 Å². The van der Waals surface area contributed by atoms with Crippen LogP contribution in [0.1, 0.15) is 32.0 Å². The van der Waals surface area contributed by atoms with E-state index in [1.54, 1.807) is 6.92 Å². The molecule has 0 bridgehead atoms. The number of aliphatic carboxylic acids is 1. The Labute approximate surface area is 124 Å². The van der Waals surface area contributed by atoms with Crippen molar-refractivity contribution in [2.75, 3.05) is 13.1 Å². The van der Waals surface area contributed by atoms with E-state index in [2.05, 4.69) is 9.97 Å². The van der Waals surface area contributed by atoms with Crippen molar-refractivity contribution in [1.29, 1.82) is 0 Å².